The molecule has 4 N–H and O–H groups in total. The van der Waals surface area contributed by atoms with Gasteiger partial charge < -0.3 is 16.2 Å². The number of halogens is 1. The van der Waals surface area contributed by atoms with Crippen molar-refractivity contribution in [1.29, 1.82) is 0 Å². The molecule has 0 saturated carbocycles. The Morgan fingerprint density at radius 2 is 1.84 bits per heavy atom. The molecule has 7 nitrogen and oxygen atoms in total. The highest BCUT2D eigenvalue weighted by atomic mass is 32.1. The number of anilines is 2. The van der Waals surface area contributed by atoms with Gasteiger partial charge in [0, 0.05) is 29.8 Å². The van der Waals surface area contributed by atoms with Gasteiger partial charge in [-0.3, -0.25) is 4.40 Å². The van der Waals surface area contributed by atoms with E-state index < -0.39 is 6.10 Å². The first-order valence-corrected chi connectivity index (χ1v) is 10.8. The van der Waals surface area contributed by atoms with Crippen molar-refractivity contribution in [3.8, 4) is 22.6 Å². The second-order valence-electron chi connectivity index (χ2n) is 7.18. The van der Waals surface area contributed by atoms with Gasteiger partial charge in [0.25, 0.3) is 0 Å². The highest BCUT2D eigenvalue weighted by molar-refractivity contribution is 7.15. The molecule has 3 heterocycles. The lowest BCUT2D eigenvalue weighted by atomic mass is 10.1. The minimum Gasteiger partial charge on any atom is -0.387 e. The van der Waals surface area contributed by atoms with Gasteiger partial charge in [-0.1, -0.05) is 30.3 Å². The van der Waals surface area contributed by atoms with E-state index in [0.29, 0.717) is 17.3 Å². The maximum atomic E-state index is 13.5. The van der Waals surface area contributed by atoms with Gasteiger partial charge in [0.2, 0.25) is 5.95 Å². The number of aliphatic hydroxyl groups is 1. The second kappa shape index (κ2) is 8.37. The number of nitrogens with two attached hydrogens (primary N) is 1. The van der Waals surface area contributed by atoms with Crippen LogP contribution in [0.25, 0.3) is 27.6 Å². The minimum absolute atomic E-state index is 0.220. The molecular weight excluding hydrogens is 427 g/mol. The third-order valence-electron chi connectivity index (χ3n) is 5.01. The lowest BCUT2D eigenvalue weighted by molar-refractivity contribution is 0.191. The Balaban J connectivity index is 1.51. The van der Waals surface area contributed by atoms with E-state index >= 15 is 0 Å². The molecule has 0 bridgehead atoms. The summed E-state index contributed by atoms with van der Waals surface area (Å²) in [6.45, 7) is 0.220. The molecule has 0 saturated heterocycles. The Kier molecular flexibility index (Phi) is 5.26. The number of aromatic nitrogens is 4. The van der Waals surface area contributed by atoms with Gasteiger partial charge in [-0.2, -0.15) is 4.98 Å². The molecule has 0 aliphatic rings. The fourth-order valence-electron chi connectivity index (χ4n) is 3.49. The Morgan fingerprint density at radius 3 is 2.62 bits per heavy atom. The zero-order valence-electron chi connectivity index (χ0n) is 16.8. The summed E-state index contributed by atoms with van der Waals surface area (Å²) in [5.74, 6) is 0.262. The number of rotatable bonds is 6. The maximum absolute atomic E-state index is 13.5. The summed E-state index contributed by atoms with van der Waals surface area (Å²) < 4.78 is 15.4. The molecule has 0 amide bonds. The Hall–Kier alpha value is -3.82. The third kappa shape index (κ3) is 3.91. The number of nitrogens with one attached hydrogen (secondary N) is 1. The van der Waals surface area contributed by atoms with E-state index in [2.05, 4.69) is 15.3 Å². The van der Waals surface area contributed by atoms with E-state index in [1.54, 1.807) is 18.2 Å². The van der Waals surface area contributed by atoms with Crippen LogP contribution in [0.2, 0.25) is 0 Å². The summed E-state index contributed by atoms with van der Waals surface area (Å²) in [5.41, 5.74) is 9.61. The average Bonchev–Trinajstić information content (AvgIpc) is 3.39. The molecule has 0 radical (unpaired) electrons. The van der Waals surface area contributed by atoms with E-state index in [9.17, 15) is 9.50 Å². The summed E-state index contributed by atoms with van der Waals surface area (Å²) >= 11 is 1.49. The molecule has 0 fully saturated rings. The van der Waals surface area contributed by atoms with Crippen LogP contribution in [-0.2, 0) is 0 Å². The second-order valence-corrected chi connectivity index (χ2v) is 8.05. The molecule has 1 atom stereocenters. The smallest absolute Gasteiger partial charge is 0.225 e. The fourth-order valence-corrected chi connectivity index (χ4v) is 4.20. The SMILES string of the molecule is Nc1cc(-c2c(-c3ccc(F)cc3)nc3sccn23)nc(NC[C@H](O)c2ccccc2)n1. The van der Waals surface area contributed by atoms with Gasteiger partial charge in [-0.25, -0.2) is 14.4 Å². The Morgan fingerprint density at radius 1 is 1.06 bits per heavy atom. The summed E-state index contributed by atoms with van der Waals surface area (Å²) in [6.07, 6.45) is 1.18. The first-order valence-electron chi connectivity index (χ1n) is 9.92. The van der Waals surface area contributed by atoms with Crippen molar-refractivity contribution < 1.29 is 9.50 Å². The zero-order chi connectivity index (χ0) is 22.1. The van der Waals surface area contributed by atoms with Crippen molar-refractivity contribution in [2.24, 2.45) is 0 Å². The van der Waals surface area contributed by atoms with Crippen LogP contribution < -0.4 is 11.1 Å². The maximum Gasteiger partial charge on any atom is 0.225 e. The molecule has 32 heavy (non-hydrogen) atoms. The van der Waals surface area contributed by atoms with Crippen molar-refractivity contribution >= 4 is 28.1 Å². The van der Waals surface area contributed by atoms with Crippen molar-refractivity contribution in [2.75, 3.05) is 17.6 Å². The molecule has 3 aromatic heterocycles. The summed E-state index contributed by atoms with van der Waals surface area (Å²) in [7, 11) is 0. The molecule has 0 aliphatic carbocycles. The number of thiazole rings is 1. The highest BCUT2D eigenvalue weighted by Gasteiger charge is 2.19. The molecular formula is C23H19FN6OS. The number of imidazole rings is 1. The van der Waals surface area contributed by atoms with Crippen molar-refractivity contribution in [2.45, 2.75) is 6.10 Å². The van der Waals surface area contributed by atoms with Crippen LogP contribution in [-0.4, -0.2) is 31.0 Å². The molecule has 5 aromatic rings. The average molecular weight is 447 g/mol. The number of nitrogen functional groups attached to an aromatic ring is 1. The van der Waals surface area contributed by atoms with E-state index in [0.717, 1.165) is 21.8 Å². The minimum atomic E-state index is -0.724. The molecule has 0 aliphatic heterocycles. The number of hydrogen-bond donors (Lipinski definition) is 3. The molecule has 0 spiro atoms. The number of benzene rings is 2. The van der Waals surface area contributed by atoms with Gasteiger partial charge in [-0.15, -0.1) is 11.3 Å². The number of nitrogens with zero attached hydrogens (tertiary/aromatic N) is 4. The molecule has 0 unspecified atom stereocenters. The first kappa shape index (κ1) is 20.1. The van der Waals surface area contributed by atoms with E-state index in [-0.39, 0.29) is 18.2 Å². The molecule has 160 valence electrons. The van der Waals surface area contributed by atoms with Crippen molar-refractivity contribution in [1.82, 2.24) is 19.4 Å². The van der Waals surface area contributed by atoms with Crippen LogP contribution in [0, 0.1) is 5.82 Å². The van der Waals surface area contributed by atoms with Crippen LogP contribution in [0.15, 0.2) is 72.2 Å². The lowest BCUT2D eigenvalue weighted by Crippen LogP contribution is -2.14. The van der Waals surface area contributed by atoms with Crippen molar-refractivity contribution in [3.05, 3.63) is 83.6 Å². The summed E-state index contributed by atoms with van der Waals surface area (Å²) in [6, 6.07) is 17.2. The van der Waals surface area contributed by atoms with Gasteiger partial charge in [0.05, 0.1) is 17.5 Å². The van der Waals surface area contributed by atoms with Crippen molar-refractivity contribution in [3.63, 3.8) is 0 Å². The largest absolute Gasteiger partial charge is 0.387 e. The normalized spacial score (nSPS) is 12.2. The number of aliphatic hydroxyl groups excluding tert-OH is 1. The number of hydrogen-bond acceptors (Lipinski definition) is 7. The summed E-state index contributed by atoms with van der Waals surface area (Å²) in [4.78, 5) is 14.4. The van der Waals surface area contributed by atoms with Gasteiger partial charge in [0.15, 0.2) is 4.96 Å². The van der Waals surface area contributed by atoms with Crippen LogP contribution in [0.5, 0.6) is 0 Å². The lowest BCUT2D eigenvalue weighted by Gasteiger charge is -2.13. The van der Waals surface area contributed by atoms with E-state index in [1.165, 1.54) is 23.5 Å². The Labute approximate surface area is 187 Å². The van der Waals surface area contributed by atoms with E-state index in [1.807, 2.05) is 46.3 Å². The van der Waals surface area contributed by atoms with Crippen LogP contribution in [0.1, 0.15) is 11.7 Å². The Bertz CT molecular complexity index is 1370. The first-order chi connectivity index (χ1) is 15.6. The summed E-state index contributed by atoms with van der Waals surface area (Å²) in [5, 5.41) is 15.4. The topological polar surface area (TPSA) is 101 Å². The van der Waals surface area contributed by atoms with Crippen LogP contribution in [0.3, 0.4) is 0 Å². The van der Waals surface area contributed by atoms with Gasteiger partial charge in [0.1, 0.15) is 17.3 Å². The number of fused-ring (bicyclic) bond motifs is 1. The molecule has 9 heteroatoms. The van der Waals surface area contributed by atoms with E-state index in [4.69, 9.17) is 10.7 Å². The zero-order valence-corrected chi connectivity index (χ0v) is 17.6. The highest BCUT2D eigenvalue weighted by Crippen LogP contribution is 2.34. The predicted molar refractivity (Wildman–Crippen MR) is 124 cm³/mol. The van der Waals surface area contributed by atoms with Crippen LogP contribution in [0.4, 0.5) is 16.2 Å². The van der Waals surface area contributed by atoms with Gasteiger partial charge >= 0.3 is 0 Å². The van der Waals surface area contributed by atoms with Gasteiger partial charge in [-0.05, 0) is 29.8 Å². The van der Waals surface area contributed by atoms with Crippen LogP contribution >= 0.6 is 11.3 Å². The third-order valence-corrected chi connectivity index (χ3v) is 5.76. The fraction of sp³-hybridized carbons (Fsp3) is 0.0870. The standard InChI is InChI=1S/C23H19FN6OS/c24-16-8-6-15(7-9-16)20-21(30-10-11-32-23(30)29-20)17-12-19(25)28-22(27-17)26-13-18(31)14-4-2-1-3-5-14/h1-12,18,31H,13H2,(H3,25,26,27,28)/t18-/m0/s1. The molecule has 2 aromatic carbocycles. The molecule has 5 rings (SSSR count). The predicted octanol–water partition coefficient (Wildman–Crippen LogP) is 4.39. The monoisotopic (exact) mass is 446 g/mol. The quantitative estimate of drug-likeness (QED) is 0.358.